The van der Waals surface area contributed by atoms with Gasteiger partial charge in [-0.1, -0.05) is 25.4 Å². The molecule has 0 aliphatic carbocycles. The zero-order chi connectivity index (χ0) is 14.0. The van der Waals surface area contributed by atoms with Gasteiger partial charge in [-0.3, -0.25) is 4.40 Å². The molecule has 0 unspecified atom stereocenters. The Morgan fingerprint density at radius 1 is 1.32 bits per heavy atom. The molecule has 1 N–H and O–H groups in total. The Morgan fingerprint density at radius 2 is 2.05 bits per heavy atom. The number of nitrogens with zero attached hydrogens (tertiary/aromatic N) is 4. The Bertz CT molecular complexity index is 561. The highest BCUT2D eigenvalue weighted by atomic mass is 35.5. The van der Waals surface area contributed by atoms with Crippen LogP contribution in [0.2, 0.25) is 5.02 Å². The zero-order valence-corrected chi connectivity index (χ0v) is 12.6. The van der Waals surface area contributed by atoms with Crippen LogP contribution in [-0.4, -0.2) is 46.7 Å². The lowest BCUT2D eigenvalue weighted by atomic mass is 10.2. The molecule has 6 heteroatoms. The number of aromatic nitrogens is 3. The molecule has 2 heterocycles. The molecular weight excluding hydrogens is 262 g/mol. The van der Waals surface area contributed by atoms with Crippen molar-refractivity contribution >= 4 is 23.1 Å². The third-order valence-corrected chi connectivity index (χ3v) is 3.21. The van der Waals surface area contributed by atoms with Gasteiger partial charge in [-0.05, 0) is 26.2 Å². The Hall–Kier alpha value is -1.33. The SMILES string of the molecule is CC(C)c1nnc2ccc(Cl)c(NCCN(C)C)n12. The Kier molecular flexibility index (Phi) is 4.27. The molecule has 0 aliphatic rings. The number of rotatable bonds is 5. The monoisotopic (exact) mass is 281 g/mol. The first-order valence-electron chi connectivity index (χ1n) is 6.43. The molecule has 0 saturated carbocycles. The van der Waals surface area contributed by atoms with Crippen LogP contribution in [0.15, 0.2) is 12.1 Å². The van der Waals surface area contributed by atoms with E-state index in [0.29, 0.717) is 10.9 Å². The van der Waals surface area contributed by atoms with Crippen LogP contribution in [0, 0.1) is 0 Å². The van der Waals surface area contributed by atoms with E-state index in [-0.39, 0.29) is 0 Å². The summed E-state index contributed by atoms with van der Waals surface area (Å²) in [6, 6.07) is 3.74. The summed E-state index contributed by atoms with van der Waals surface area (Å²) in [6.07, 6.45) is 0. The predicted octanol–water partition coefficient (Wildman–Crippen LogP) is 2.48. The molecule has 2 rings (SSSR count). The number of hydrogen-bond acceptors (Lipinski definition) is 4. The average Bonchev–Trinajstić information content (AvgIpc) is 2.75. The van der Waals surface area contributed by atoms with Crippen LogP contribution in [-0.2, 0) is 0 Å². The second-order valence-corrected chi connectivity index (χ2v) is 5.57. The Labute approximate surface area is 118 Å². The molecule has 0 aliphatic heterocycles. The number of anilines is 1. The lowest BCUT2D eigenvalue weighted by Gasteiger charge is -2.15. The van der Waals surface area contributed by atoms with Gasteiger partial charge < -0.3 is 10.2 Å². The first kappa shape index (κ1) is 14.1. The normalized spacial score (nSPS) is 11.7. The van der Waals surface area contributed by atoms with E-state index in [4.69, 9.17) is 11.6 Å². The van der Waals surface area contributed by atoms with Crippen LogP contribution in [0.3, 0.4) is 0 Å². The third-order valence-electron chi connectivity index (χ3n) is 2.91. The van der Waals surface area contributed by atoms with Crippen LogP contribution in [0.5, 0.6) is 0 Å². The van der Waals surface area contributed by atoms with Gasteiger partial charge in [0.05, 0.1) is 5.02 Å². The number of pyridine rings is 1. The minimum Gasteiger partial charge on any atom is -0.369 e. The first-order chi connectivity index (χ1) is 9.00. The first-order valence-corrected chi connectivity index (χ1v) is 6.80. The molecule has 5 nitrogen and oxygen atoms in total. The summed E-state index contributed by atoms with van der Waals surface area (Å²) in [4.78, 5) is 2.12. The van der Waals surface area contributed by atoms with Crippen molar-refractivity contribution in [2.45, 2.75) is 19.8 Å². The molecule has 104 valence electrons. The molecular formula is C13H20ClN5. The van der Waals surface area contributed by atoms with Gasteiger partial charge in [0.15, 0.2) is 5.65 Å². The van der Waals surface area contributed by atoms with E-state index in [2.05, 4.69) is 34.3 Å². The minimum absolute atomic E-state index is 0.294. The van der Waals surface area contributed by atoms with Gasteiger partial charge in [-0.2, -0.15) is 0 Å². The number of hydrogen-bond donors (Lipinski definition) is 1. The smallest absolute Gasteiger partial charge is 0.162 e. The summed E-state index contributed by atoms with van der Waals surface area (Å²) in [5, 5.41) is 12.5. The van der Waals surface area contributed by atoms with E-state index in [9.17, 15) is 0 Å². The van der Waals surface area contributed by atoms with Crippen molar-refractivity contribution in [2.75, 3.05) is 32.5 Å². The standard InChI is InChI=1S/C13H20ClN5/c1-9(2)12-17-16-11-6-5-10(14)13(19(11)12)15-7-8-18(3)4/h5-6,9,15H,7-8H2,1-4H3. The number of fused-ring (bicyclic) bond motifs is 1. The van der Waals surface area contributed by atoms with E-state index in [1.54, 1.807) is 0 Å². The van der Waals surface area contributed by atoms with Gasteiger partial charge in [-0.15, -0.1) is 10.2 Å². The van der Waals surface area contributed by atoms with Crippen molar-refractivity contribution in [1.29, 1.82) is 0 Å². The maximum Gasteiger partial charge on any atom is 0.162 e. The molecule has 2 aromatic heterocycles. The molecule has 0 bridgehead atoms. The topological polar surface area (TPSA) is 45.5 Å². The second-order valence-electron chi connectivity index (χ2n) is 5.17. The highest BCUT2D eigenvalue weighted by Crippen LogP contribution is 2.26. The quantitative estimate of drug-likeness (QED) is 0.915. The number of likely N-dealkylation sites (N-methyl/N-ethyl adjacent to an activating group) is 1. The summed E-state index contributed by atoms with van der Waals surface area (Å²) in [5.41, 5.74) is 0.820. The molecule has 0 spiro atoms. The molecule has 19 heavy (non-hydrogen) atoms. The highest BCUT2D eigenvalue weighted by molar-refractivity contribution is 6.33. The Morgan fingerprint density at radius 3 is 2.68 bits per heavy atom. The van der Waals surface area contributed by atoms with Gasteiger partial charge in [0.1, 0.15) is 11.6 Å². The van der Waals surface area contributed by atoms with E-state index >= 15 is 0 Å². The summed E-state index contributed by atoms with van der Waals surface area (Å²) >= 11 is 6.30. The molecule has 0 atom stereocenters. The van der Waals surface area contributed by atoms with E-state index in [0.717, 1.165) is 30.4 Å². The predicted molar refractivity (Wildman–Crippen MR) is 79.1 cm³/mol. The largest absolute Gasteiger partial charge is 0.369 e. The van der Waals surface area contributed by atoms with Crippen molar-refractivity contribution in [1.82, 2.24) is 19.5 Å². The second kappa shape index (κ2) is 5.75. The number of halogens is 1. The van der Waals surface area contributed by atoms with E-state index in [1.165, 1.54) is 0 Å². The maximum absolute atomic E-state index is 6.30. The van der Waals surface area contributed by atoms with Gasteiger partial charge >= 0.3 is 0 Å². The zero-order valence-electron chi connectivity index (χ0n) is 11.8. The van der Waals surface area contributed by atoms with Crippen molar-refractivity contribution in [3.63, 3.8) is 0 Å². The van der Waals surface area contributed by atoms with Gasteiger partial charge in [0.25, 0.3) is 0 Å². The van der Waals surface area contributed by atoms with Crippen molar-refractivity contribution in [3.05, 3.63) is 23.0 Å². The van der Waals surface area contributed by atoms with Gasteiger partial charge in [-0.25, -0.2) is 0 Å². The fourth-order valence-corrected chi connectivity index (χ4v) is 2.13. The lowest BCUT2D eigenvalue weighted by molar-refractivity contribution is 0.425. The molecule has 2 aromatic rings. The van der Waals surface area contributed by atoms with Crippen LogP contribution in [0.4, 0.5) is 5.82 Å². The number of nitrogens with one attached hydrogen (secondary N) is 1. The Balaban J connectivity index is 2.39. The van der Waals surface area contributed by atoms with Crippen molar-refractivity contribution in [3.8, 4) is 0 Å². The van der Waals surface area contributed by atoms with Crippen LogP contribution in [0.25, 0.3) is 5.65 Å². The fourth-order valence-electron chi connectivity index (χ4n) is 1.91. The summed E-state index contributed by atoms with van der Waals surface area (Å²) < 4.78 is 2.00. The molecule has 0 radical (unpaired) electrons. The molecule has 0 fully saturated rings. The highest BCUT2D eigenvalue weighted by Gasteiger charge is 2.14. The lowest BCUT2D eigenvalue weighted by Crippen LogP contribution is -2.22. The average molecular weight is 282 g/mol. The molecule has 0 aromatic carbocycles. The third kappa shape index (κ3) is 2.98. The molecule has 0 saturated heterocycles. The van der Waals surface area contributed by atoms with E-state index in [1.807, 2.05) is 30.6 Å². The van der Waals surface area contributed by atoms with E-state index < -0.39 is 0 Å². The van der Waals surface area contributed by atoms with Crippen LogP contribution >= 0.6 is 11.6 Å². The molecule has 0 amide bonds. The van der Waals surface area contributed by atoms with Crippen molar-refractivity contribution in [2.24, 2.45) is 0 Å². The van der Waals surface area contributed by atoms with Gasteiger partial charge in [0, 0.05) is 19.0 Å². The fraction of sp³-hybridized carbons (Fsp3) is 0.538. The summed E-state index contributed by atoms with van der Waals surface area (Å²) in [6.45, 7) is 5.95. The summed E-state index contributed by atoms with van der Waals surface area (Å²) in [5.74, 6) is 2.09. The maximum atomic E-state index is 6.30. The van der Waals surface area contributed by atoms with Crippen molar-refractivity contribution < 1.29 is 0 Å². The summed E-state index contributed by atoms with van der Waals surface area (Å²) in [7, 11) is 4.09. The van der Waals surface area contributed by atoms with Crippen LogP contribution in [0.1, 0.15) is 25.6 Å². The minimum atomic E-state index is 0.294. The van der Waals surface area contributed by atoms with Gasteiger partial charge in [0.2, 0.25) is 0 Å². The van der Waals surface area contributed by atoms with Crippen LogP contribution < -0.4 is 5.32 Å².